The second-order valence-corrected chi connectivity index (χ2v) is 8.42. The molecule has 0 spiro atoms. The van der Waals surface area contributed by atoms with Crippen LogP contribution >= 0.6 is 0 Å². The Morgan fingerprint density at radius 2 is 1.43 bits per heavy atom. The van der Waals surface area contributed by atoms with Crippen LogP contribution in [0.4, 0.5) is 0 Å². The first-order chi connectivity index (χ1) is 11.1. The number of hydrogen-bond donors (Lipinski definition) is 1. The quantitative estimate of drug-likeness (QED) is 0.368. The van der Waals surface area contributed by atoms with Gasteiger partial charge in [-0.25, -0.2) is 0 Å². The normalized spacial score (nSPS) is 22.8. The van der Waals surface area contributed by atoms with E-state index in [4.69, 9.17) is 0 Å². The van der Waals surface area contributed by atoms with Crippen LogP contribution in [0.2, 0.25) is 0 Å². The van der Waals surface area contributed by atoms with Gasteiger partial charge >= 0.3 is 5.97 Å². The molecule has 0 atom stereocenters. The Morgan fingerprint density at radius 1 is 0.870 bits per heavy atom. The maximum Gasteiger partial charge on any atom is 0.309 e. The van der Waals surface area contributed by atoms with E-state index in [1.807, 2.05) is 0 Å². The van der Waals surface area contributed by atoms with Gasteiger partial charge in [0.05, 0.1) is 5.41 Å². The van der Waals surface area contributed by atoms with Crippen LogP contribution in [0, 0.1) is 10.8 Å². The zero-order chi connectivity index (χ0) is 16.6. The van der Waals surface area contributed by atoms with E-state index >= 15 is 0 Å². The van der Waals surface area contributed by atoms with Crippen molar-refractivity contribution in [2.45, 2.75) is 103 Å². The number of carboxylic acid groups (broad SMARTS) is 1. The first-order valence-corrected chi connectivity index (χ1v) is 9.95. The Hall–Kier alpha value is -0.790. The van der Waals surface area contributed by atoms with Gasteiger partial charge in [-0.1, -0.05) is 51.2 Å². The lowest BCUT2D eigenvalue weighted by Crippen LogP contribution is -2.27. The fourth-order valence-electron chi connectivity index (χ4n) is 4.71. The van der Waals surface area contributed by atoms with Crippen molar-refractivity contribution in [3.63, 3.8) is 0 Å². The van der Waals surface area contributed by atoms with Gasteiger partial charge in [0.2, 0.25) is 0 Å². The molecule has 2 saturated carbocycles. The molecule has 0 saturated heterocycles. The van der Waals surface area contributed by atoms with Crippen LogP contribution in [0.5, 0.6) is 0 Å². The summed E-state index contributed by atoms with van der Waals surface area (Å²) in [5.41, 5.74) is 0.265. The molecule has 1 N–H and O–H groups in total. The minimum absolute atomic E-state index is 0.384. The lowest BCUT2D eigenvalue weighted by atomic mass is 9.81. The SMILES string of the molecule is CC1(CCCC/C=C\CCCC2(C(=O)O)CCCC2)CCCC1. The van der Waals surface area contributed by atoms with Crippen LogP contribution in [-0.4, -0.2) is 11.1 Å². The third kappa shape index (κ3) is 5.65. The molecule has 0 aromatic carbocycles. The molecule has 2 fully saturated rings. The monoisotopic (exact) mass is 320 g/mol. The second-order valence-electron chi connectivity index (χ2n) is 8.42. The van der Waals surface area contributed by atoms with Gasteiger partial charge in [0.1, 0.15) is 0 Å². The zero-order valence-corrected chi connectivity index (χ0v) is 15.1. The van der Waals surface area contributed by atoms with E-state index in [2.05, 4.69) is 19.1 Å². The van der Waals surface area contributed by atoms with Crippen molar-refractivity contribution in [2.24, 2.45) is 10.8 Å². The van der Waals surface area contributed by atoms with Crippen LogP contribution in [0.25, 0.3) is 0 Å². The fourth-order valence-corrected chi connectivity index (χ4v) is 4.71. The minimum Gasteiger partial charge on any atom is -0.481 e. The van der Waals surface area contributed by atoms with E-state index in [9.17, 15) is 9.90 Å². The van der Waals surface area contributed by atoms with Gasteiger partial charge in [-0.05, 0) is 69.6 Å². The van der Waals surface area contributed by atoms with Gasteiger partial charge < -0.3 is 5.11 Å². The van der Waals surface area contributed by atoms with Crippen molar-refractivity contribution in [1.82, 2.24) is 0 Å². The summed E-state index contributed by atoms with van der Waals surface area (Å²) < 4.78 is 0. The van der Waals surface area contributed by atoms with Crippen molar-refractivity contribution in [3.8, 4) is 0 Å². The molecule has 0 radical (unpaired) electrons. The molecule has 132 valence electrons. The number of carbonyl (C=O) groups is 1. The molecule has 0 heterocycles. The van der Waals surface area contributed by atoms with Gasteiger partial charge in [-0.15, -0.1) is 0 Å². The molecule has 23 heavy (non-hydrogen) atoms. The topological polar surface area (TPSA) is 37.3 Å². The van der Waals surface area contributed by atoms with E-state index in [0.717, 1.165) is 44.9 Å². The van der Waals surface area contributed by atoms with Crippen LogP contribution < -0.4 is 0 Å². The molecular formula is C21H36O2. The maximum atomic E-state index is 11.5. The highest BCUT2D eigenvalue weighted by Gasteiger charge is 2.40. The summed E-state index contributed by atoms with van der Waals surface area (Å²) in [6, 6.07) is 0. The largest absolute Gasteiger partial charge is 0.481 e. The Bertz CT molecular complexity index is 385. The first kappa shape index (κ1) is 18.5. The van der Waals surface area contributed by atoms with Gasteiger partial charge in [0, 0.05) is 0 Å². The number of rotatable bonds is 10. The molecular weight excluding hydrogens is 284 g/mol. The molecule has 0 bridgehead atoms. The van der Waals surface area contributed by atoms with E-state index in [0.29, 0.717) is 5.41 Å². The van der Waals surface area contributed by atoms with Gasteiger partial charge in [-0.2, -0.15) is 0 Å². The number of hydrogen-bond acceptors (Lipinski definition) is 1. The predicted octanol–water partition coefficient (Wildman–Crippen LogP) is 6.50. The molecule has 0 aromatic rings. The Labute approximate surface area is 142 Å². The van der Waals surface area contributed by atoms with Crippen molar-refractivity contribution in [1.29, 1.82) is 0 Å². The van der Waals surface area contributed by atoms with E-state index in [-0.39, 0.29) is 5.41 Å². The highest BCUT2D eigenvalue weighted by atomic mass is 16.4. The van der Waals surface area contributed by atoms with Crippen LogP contribution in [-0.2, 0) is 4.79 Å². The fraction of sp³-hybridized carbons (Fsp3) is 0.857. The summed E-state index contributed by atoms with van der Waals surface area (Å²) in [6.45, 7) is 2.47. The summed E-state index contributed by atoms with van der Waals surface area (Å²) in [4.78, 5) is 11.5. The third-order valence-electron chi connectivity index (χ3n) is 6.42. The first-order valence-electron chi connectivity index (χ1n) is 9.95. The van der Waals surface area contributed by atoms with Crippen LogP contribution in [0.15, 0.2) is 12.2 Å². The summed E-state index contributed by atoms with van der Waals surface area (Å²) in [5.74, 6) is -0.556. The molecule has 2 heteroatoms. The van der Waals surface area contributed by atoms with Crippen molar-refractivity contribution >= 4 is 5.97 Å². The number of carboxylic acids is 1. The molecule has 0 unspecified atom stereocenters. The second kappa shape index (κ2) is 8.89. The number of allylic oxidation sites excluding steroid dienone is 2. The van der Waals surface area contributed by atoms with Crippen molar-refractivity contribution < 1.29 is 9.90 Å². The van der Waals surface area contributed by atoms with E-state index < -0.39 is 5.97 Å². The minimum atomic E-state index is -0.556. The highest BCUT2D eigenvalue weighted by Crippen LogP contribution is 2.43. The molecule has 2 aliphatic rings. The maximum absolute atomic E-state index is 11.5. The summed E-state index contributed by atoms with van der Waals surface area (Å²) >= 11 is 0. The van der Waals surface area contributed by atoms with E-state index in [1.165, 1.54) is 51.4 Å². The molecule has 2 rings (SSSR count). The van der Waals surface area contributed by atoms with Gasteiger partial charge in [0.15, 0.2) is 0 Å². The molecule has 2 nitrogen and oxygen atoms in total. The molecule has 0 aromatic heterocycles. The average Bonchev–Trinajstić information content (AvgIpc) is 3.16. The summed E-state index contributed by atoms with van der Waals surface area (Å²) in [5, 5.41) is 9.46. The Kier molecular flexibility index (Phi) is 7.17. The van der Waals surface area contributed by atoms with Crippen LogP contribution in [0.1, 0.15) is 103 Å². The predicted molar refractivity (Wildman–Crippen MR) is 96.6 cm³/mol. The van der Waals surface area contributed by atoms with E-state index in [1.54, 1.807) is 0 Å². The smallest absolute Gasteiger partial charge is 0.309 e. The van der Waals surface area contributed by atoms with Gasteiger partial charge in [-0.3, -0.25) is 4.79 Å². The lowest BCUT2D eigenvalue weighted by molar-refractivity contribution is -0.149. The Morgan fingerprint density at radius 3 is 2.04 bits per heavy atom. The summed E-state index contributed by atoms with van der Waals surface area (Å²) in [6.07, 6.45) is 22.6. The lowest BCUT2D eigenvalue weighted by Gasteiger charge is -2.23. The molecule has 0 amide bonds. The number of aliphatic carboxylic acids is 1. The summed E-state index contributed by atoms with van der Waals surface area (Å²) in [7, 11) is 0. The van der Waals surface area contributed by atoms with Crippen molar-refractivity contribution in [2.75, 3.05) is 0 Å². The van der Waals surface area contributed by atoms with Gasteiger partial charge in [0.25, 0.3) is 0 Å². The van der Waals surface area contributed by atoms with Crippen LogP contribution in [0.3, 0.4) is 0 Å². The highest BCUT2D eigenvalue weighted by molar-refractivity contribution is 5.74. The Balaban J connectivity index is 1.51. The average molecular weight is 321 g/mol. The molecule has 2 aliphatic carbocycles. The van der Waals surface area contributed by atoms with Crippen molar-refractivity contribution in [3.05, 3.63) is 12.2 Å². The molecule has 0 aliphatic heterocycles. The third-order valence-corrected chi connectivity index (χ3v) is 6.42. The number of unbranched alkanes of at least 4 members (excludes halogenated alkanes) is 3. The standard InChI is InChI=1S/C21H36O2/c1-20(14-9-10-15-20)13-7-5-3-2-4-6-8-16-21(19(22)23)17-11-12-18-21/h2,4H,3,5-18H2,1H3,(H,22,23)/b4-2-. The zero-order valence-electron chi connectivity index (χ0n) is 15.1.